The number of allylic oxidation sites excluding steroid dienone is 5. The van der Waals surface area contributed by atoms with E-state index in [-0.39, 0.29) is 17.8 Å². The third-order valence-electron chi connectivity index (χ3n) is 9.17. The summed E-state index contributed by atoms with van der Waals surface area (Å²) in [5.74, 6) is 1.07. The number of rotatable bonds is 3. The van der Waals surface area contributed by atoms with E-state index >= 15 is 0 Å². The normalized spacial score (nSPS) is 22.2. The fourth-order valence-corrected chi connectivity index (χ4v) is 7.64. The Morgan fingerprint density at radius 1 is 0.450 bits per heavy atom. The average molecular weight is 511 g/mol. The summed E-state index contributed by atoms with van der Waals surface area (Å²) >= 11 is 0. The van der Waals surface area contributed by atoms with E-state index < -0.39 is 0 Å². The molecule has 0 heteroatoms. The van der Waals surface area contributed by atoms with Gasteiger partial charge in [0, 0.05) is 23.7 Å². The molecule has 190 valence electrons. The SMILES string of the molecule is C1=CC2=C(c3ccccc3)c3ccccc3C(C3c4ccccc4C(c4ccccc4)c4ccccc43)C2C=C1. The highest BCUT2D eigenvalue weighted by molar-refractivity contribution is 5.88. The molecule has 0 heterocycles. The van der Waals surface area contributed by atoms with E-state index in [1.54, 1.807) is 0 Å². The van der Waals surface area contributed by atoms with E-state index in [2.05, 4.69) is 158 Å². The summed E-state index contributed by atoms with van der Waals surface area (Å²) in [5, 5.41) is 0. The zero-order valence-electron chi connectivity index (χ0n) is 22.3. The molecule has 0 spiro atoms. The summed E-state index contributed by atoms with van der Waals surface area (Å²) < 4.78 is 0. The standard InChI is InChI=1S/C40H30/c1-3-15-27(16-4-1)37-29-19-7-11-23-33(29)39(34-24-12-8-20-30(34)37)40-35-25-13-9-21-31(35)38(28-17-5-2-6-18-28)32-22-10-14-26-36(32)40/h1-26,33,38-40H. The summed E-state index contributed by atoms with van der Waals surface area (Å²) in [4.78, 5) is 0. The Morgan fingerprint density at radius 3 is 1.68 bits per heavy atom. The summed E-state index contributed by atoms with van der Waals surface area (Å²) in [5.41, 5.74) is 14.1. The number of hydrogen-bond donors (Lipinski definition) is 0. The summed E-state index contributed by atoms with van der Waals surface area (Å²) in [6, 6.07) is 49.6. The highest BCUT2D eigenvalue weighted by Crippen LogP contribution is 2.58. The predicted molar refractivity (Wildman–Crippen MR) is 166 cm³/mol. The quantitative estimate of drug-likeness (QED) is 0.227. The molecule has 5 aromatic carbocycles. The predicted octanol–water partition coefficient (Wildman–Crippen LogP) is 9.65. The molecule has 0 N–H and O–H groups in total. The summed E-state index contributed by atoms with van der Waals surface area (Å²) in [6.07, 6.45) is 9.29. The molecule has 5 aromatic rings. The first kappa shape index (κ1) is 23.2. The van der Waals surface area contributed by atoms with Gasteiger partial charge in [0.15, 0.2) is 0 Å². The van der Waals surface area contributed by atoms with Gasteiger partial charge in [-0.25, -0.2) is 0 Å². The number of fused-ring (bicyclic) bond motifs is 4. The molecule has 0 saturated heterocycles. The van der Waals surface area contributed by atoms with Crippen molar-refractivity contribution in [3.63, 3.8) is 0 Å². The van der Waals surface area contributed by atoms with Crippen LogP contribution in [0.2, 0.25) is 0 Å². The van der Waals surface area contributed by atoms with Crippen LogP contribution >= 0.6 is 0 Å². The molecule has 0 aromatic heterocycles. The van der Waals surface area contributed by atoms with E-state index in [1.165, 1.54) is 55.7 Å². The number of benzene rings is 5. The molecule has 0 bridgehead atoms. The van der Waals surface area contributed by atoms with Crippen molar-refractivity contribution >= 4 is 5.57 Å². The lowest BCUT2D eigenvalue weighted by Gasteiger charge is -2.44. The molecule has 2 unspecified atom stereocenters. The van der Waals surface area contributed by atoms with Crippen molar-refractivity contribution < 1.29 is 0 Å². The van der Waals surface area contributed by atoms with Gasteiger partial charge in [-0.3, -0.25) is 0 Å². The Kier molecular flexibility index (Phi) is 5.52. The van der Waals surface area contributed by atoms with Crippen molar-refractivity contribution in [2.75, 3.05) is 0 Å². The number of hydrogen-bond acceptors (Lipinski definition) is 0. The van der Waals surface area contributed by atoms with E-state index in [1.807, 2.05) is 0 Å². The Balaban J connectivity index is 1.40. The Hall–Kier alpha value is -4.68. The van der Waals surface area contributed by atoms with Crippen molar-refractivity contribution in [3.8, 4) is 0 Å². The molecular formula is C40H30. The molecule has 3 aliphatic rings. The second kappa shape index (κ2) is 9.50. The largest absolute Gasteiger partial charge is 0.0763 e. The van der Waals surface area contributed by atoms with Crippen LogP contribution < -0.4 is 0 Å². The first-order valence-corrected chi connectivity index (χ1v) is 14.4. The van der Waals surface area contributed by atoms with Gasteiger partial charge in [-0.1, -0.05) is 158 Å². The van der Waals surface area contributed by atoms with Crippen molar-refractivity contribution in [1.29, 1.82) is 0 Å². The van der Waals surface area contributed by atoms with Crippen LogP contribution in [0.1, 0.15) is 62.3 Å². The van der Waals surface area contributed by atoms with E-state index in [0.29, 0.717) is 5.92 Å². The third-order valence-corrected chi connectivity index (χ3v) is 9.17. The lowest BCUT2D eigenvalue weighted by atomic mass is 9.58. The van der Waals surface area contributed by atoms with Crippen LogP contribution in [0.3, 0.4) is 0 Å². The molecule has 8 rings (SSSR count). The average Bonchev–Trinajstić information content (AvgIpc) is 3.03. The fraction of sp³-hybridized carbons (Fsp3) is 0.100. The van der Waals surface area contributed by atoms with E-state index in [0.717, 1.165) is 0 Å². The highest BCUT2D eigenvalue weighted by Gasteiger charge is 2.44. The van der Waals surface area contributed by atoms with Crippen LogP contribution in [-0.4, -0.2) is 0 Å². The van der Waals surface area contributed by atoms with Gasteiger partial charge in [0.25, 0.3) is 0 Å². The third kappa shape index (κ3) is 3.53. The zero-order valence-corrected chi connectivity index (χ0v) is 22.3. The second-order valence-corrected chi connectivity index (χ2v) is 11.2. The lowest BCUT2D eigenvalue weighted by molar-refractivity contribution is 0.497. The first-order valence-electron chi connectivity index (χ1n) is 14.4. The molecule has 0 amide bonds. The van der Waals surface area contributed by atoms with Crippen molar-refractivity contribution in [3.05, 3.63) is 208 Å². The summed E-state index contributed by atoms with van der Waals surface area (Å²) in [7, 11) is 0. The van der Waals surface area contributed by atoms with E-state index in [9.17, 15) is 0 Å². The van der Waals surface area contributed by atoms with Crippen LogP contribution in [0, 0.1) is 5.92 Å². The topological polar surface area (TPSA) is 0 Å². The minimum absolute atomic E-state index is 0.236. The van der Waals surface area contributed by atoms with Gasteiger partial charge in [-0.2, -0.15) is 0 Å². The van der Waals surface area contributed by atoms with Gasteiger partial charge in [-0.15, -0.1) is 0 Å². The second-order valence-electron chi connectivity index (χ2n) is 11.2. The molecule has 2 atom stereocenters. The van der Waals surface area contributed by atoms with Crippen LogP contribution in [0.4, 0.5) is 0 Å². The summed E-state index contributed by atoms with van der Waals surface area (Å²) in [6.45, 7) is 0. The molecule has 0 saturated carbocycles. The Labute approximate surface area is 236 Å². The first-order chi connectivity index (χ1) is 19.9. The van der Waals surface area contributed by atoms with Gasteiger partial charge in [-0.05, 0) is 55.7 Å². The van der Waals surface area contributed by atoms with Crippen LogP contribution in [0.5, 0.6) is 0 Å². The monoisotopic (exact) mass is 510 g/mol. The molecule has 3 aliphatic carbocycles. The Bertz CT molecular complexity index is 1750. The molecular weight excluding hydrogens is 480 g/mol. The van der Waals surface area contributed by atoms with Crippen molar-refractivity contribution in [2.24, 2.45) is 5.92 Å². The fourth-order valence-electron chi connectivity index (χ4n) is 7.64. The minimum atomic E-state index is 0.236. The maximum atomic E-state index is 2.45. The molecule has 0 aliphatic heterocycles. The minimum Gasteiger partial charge on any atom is -0.0763 e. The smallest absolute Gasteiger partial charge is 0.0345 e. The van der Waals surface area contributed by atoms with Gasteiger partial charge < -0.3 is 0 Å². The molecule has 0 nitrogen and oxygen atoms in total. The van der Waals surface area contributed by atoms with Gasteiger partial charge in [0.2, 0.25) is 0 Å². The maximum Gasteiger partial charge on any atom is 0.0345 e. The zero-order chi connectivity index (χ0) is 26.5. The van der Waals surface area contributed by atoms with Gasteiger partial charge in [0.05, 0.1) is 0 Å². The maximum absolute atomic E-state index is 2.45. The van der Waals surface area contributed by atoms with Crippen LogP contribution in [0.25, 0.3) is 5.57 Å². The van der Waals surface area contributed by atoms with Gasteiger partial charge >= 0.3 is 0 Å². The van der Waals surface area contributed by atoms with Crippen LogP contribution in [-0.2, 0) is 0 Å². The van der Waals surface area contributed by atoms with E-state index in [4.69, 9.17) is 0 Å². The van der Waals surface area contributed by atoms with Crippen molar-refractivity contribution in [2.45, 2.75) is 17.8 Å². The lowest BCUT2D eigenvalue weighted by Crippen LogP contribution is -2.31. The van der Waals surface area contributed by atoms with Crippen LogP contribution in [0.15, 0.2) is 163 Å². The Morgan fingerprint density at radius 2 is 1.00 bits per heavy atom. The highest BCUT2D eigenvalue weighted by atomic mass is 14.5. The van der Waals surface area contributed by atoms with Crippen molar-refractivity contribution in [1.82, 2.24) is 0 Å². The molecule has 0 radical (unpaired) electrons. The molecule has 0 fully saturated rings. The molecule has 40 heavy (non-hydrogen) atoms. The van der Waals surface area contributed by atoms with Gasteiger partial charge in [0.1, 0.15) is 0 Å².